The Morgan fingerprint density at radius 2 is 2.00 bits per heavy atom. The van der Waals surface area contributed by atoms with E-state index in [4.69, 9.17) is 23.2 Å². The largest absolute Gasteiger partial charge is 0.325 e. The Kier molecular flexibility index (Phi) is 4.11. The first-order valence-electron chi connectivity index (χ1n) is 6.10. The molecule has 1 heterocycles. The lowest BCUT2D eigenvalue weighted by Gasteiger charge is -2.16. The van der Waals surface area contributed by atoms with E-state index in [-0.39, 0.29) is 0 Å². The lowest BCUT2D eigenvalue weighted by atomic mass is 10.1. The first kappa shape index (κ1) is 15.6. The quantitative estimate of drug-likeness (QED) is 0.835. The van der Waals surface area contributed by atoms with Gasteiger partial charge in [-0.25, -0.2) is 4.79 Å². The minimum atomic E-state index is -1.01. The molecule has 1 aliphatic heterocycles. The molecule has 0 spiro atoms. The van der Waals surface area contributed by atoms with Gasteiger partial charge in [0.25, 0.3) is 5.91 Å². The third-order valence-corrected chi connectivity index (χ3v) is 3.51. The molecule has 0 bridgehead atoms. The first-order chi connectivity index (χ1) is 9.70. The van der Waals surface area contributed by atoms with Crippen molar-refractivity contribution in [2.24, 2.45) is 0 Å². The van der Waals surface area contributed by atoms with Crippen LogP contribution in [0.25, 0.3) is 0 Å². The van der Waals surface area contributed by atoms with Crippen LogP contribution in [0.5, 0.6) is 0 Å². The molecule has 1 aromatic carbocycles. The van der Waals surface area contributed by atoms with Gasteiger partial charge >= 0.3 is 6.03 Å². The van der Waals surface area contributed by atoms with Crippen LogP contribution in [0.1, 0.15) is 13.8 Å². The highest BCUT2D eigenvalue weighted by Crippen LogP contribution is 2.25. The minimum Gasteiger partial charge on any atom is -0.324 e. The average Bonchev–Trinajstić information content (AvgIpc) is 2.56. The van der Waals surface area contributed by atoms with Gasteiger partial charge < -0.3 is 10.6 Å². The molecule has 2 rings (SSSR count). The second kappa shape index (κ2) is 5.54. The summed E-state index contributed by atoms with van der Waals surface area (Å²) in [6.07, 6.45) is 0. The molecule has 2 N–H and O–H groups in total. The van der Waals surface area contributed by atoms with Crippen LogP contribution in [0.15, 0.2) is 18.2 Å². The Morgan fingerprint density at radius 3 is 2.57 bits per heavy atom. The molecule has 21 heavy (non-hydrogen) atoms. The predicted molar refractivity (Wildman–Crippen MR) is 79.4 cm³/mol. The Morgan fingerprint density at radius 1 is 1.33 bits per heavy atom. The lowest BCUT2D eigenvalue weighted by molar-refractivity contribution is -0.132. The molecule has 1 saturated heterocycles. The SMILES string of the molecule is CC1(C)NC(=O)N(CC(=O)Nc2cc(Cl)ccc2Cl)C1=O. The molecule has 0 saturated carbocycles. The summed E-state index contributed by atoms with van der Waals surface area (Å²) in [5, 5.41) is 5.73. The van der Waals surface area contributed by atoms with Gasteiger partial charge in [-0.2, -0.15) is 0 Å². The Hall–Kier alpha value is -1.79. The maximum Gasteiger partial charge on any atom is 0.325 e. The number of anilines is 1. The Bertz CT molecular complexity index is 631. The normalized spacial score (nSPS) is 16.9. The molecule has 1 fully saturated rings. The van der Waals surface area contributed by atoms with E-state index in [1.54, 1.807) is 19.9 Å². The number of hydrogen-bond acceptors (Lipinski definition) is 3. The summed E-state index contributed by atoms with van der Waals surface area (Å²) in [4.78, 5) is 36.4. The van der Waals surface area contributed by atoms with Crippen LogP contribution < -0.4 is 10.6 Å². The number of imide groups is 1. The average molecular weight is 330 g/mol. The second-order valence-electron chi connectivity index (χ2n) is 5.12. The number of carbonyl (C=O) groups is 3. The molecule has 0 aromatic heterocycles. The molecule has 112 valence electrons. The zero-order chi connectivity index (χ0) is 15.8. The van der Waals surface area contributed by atoms with Crippen molar-refractivity contribution >= 4 is 46.7 Å². The summed E-state index contributed by atoms with van der Waals surface area (Å²) in [7, 11) is 0. The fourth-order valence-corrected chi connectivity index (χ4v) is 2.23. The van der Waals surface area contributed by atoms with Crippen molar-refractivity contribution in [1.82, 2.24) is 10.2 Å². The second-order valence-corrected chi connectivity index (χ2v) is 5.96. The zero-order valence-electron chi connectivity index (χ0n) is 11.4. The van der Waals surface area contributed by atoms with Crippen molar-refractivity contribution in [2.75, 3.05) is 11.9 Å². The van der Waals surface area contributed by atoms with Crippen molar-refractivity contribution in [3.63, 3.8) is 0 Å². The molecule has 0 atom stereocenters. The Balaban J connectivity index is 2.07. The van der Waals surface area contributed by atoms with E-state index >= 15 is 0 Å². The third kappa shape index (κ3) is 3.28. The number of carbonyl (C=O) groups excluding carboxylic acids is 3. The zero-order valence-corrected chi connectivity index (χ0v) is 12.9. The number of nitrogens with one attached hydrogen (secondary N) is 2. The lowest BCUT2D eigenvalue weighted by Crippen LogP contribution is -2.41. The van der Waals surface area contributed by atoms with Gasteiger partial charge in [0.1, 0.15) is 12.1 Å². The van der Waals surface area contributed by atoms with Crippen molar-refractivity contribution in [2.45, 2.75) is 19.4 Å². The van der Waals surface area contributed by atoms with E-state index in [1.165, 1.54) is 12.1 Å². The number of hydrogen-bond donors (Lipinski definition) is 2. The fourth-order valence-electron chi connectivity index (χ4n) is 1.89. The number of rotatable bonds is 3. The van der Waals surface area contributed by atoms with Gasteiger partial charge in [-0.15, -0.1) is 0 Å². The van der Waals surface area contributed by atoms with Gasteiger partial charge in [-0.1, -0.05) is 23.2 Å². The van der Waals surface area contributed by atoms with Gasteiger partial charge in [0.2, 0.25) is 5.91 Å². The summed E-state index contributed by atoms with van der Waals surface area (Å²) in [5.74, 6) is -1.000. The first-order valence-corrected chi connectivity index (χ1v) is 6.85. The van der Waals surface area contributed by atoms with Gasteiger partial charge in [0, 0.05) is 5.02 Å². The smallest absolute Gasteiger partial charge is 0.324 e. The monoisotopic (exact) mass is 329 g/mol. The molecule has 1 aromatic rings. The van der Waals surface area contributed by atoms with Gasteiger partial charge in [0.15, 0.2) is 0 Å². The highest BCUT2D eigenvalue weighted by atomic mass is 35.5. The van der Waals surface area contributed by atoms with Crippen LogP contribution >= 0.6 is 23.2 Å². The van der Waals surface area contributed by atoms with Crippen molar-refractivity contribution in [1.29, 1.82) is 0 Å². The molecular formula is C13H13Cl2N3O3. The Labute approximate surface area is 131 Å². The number of benzene rings is 1. The van der Waals surface area contributed by atoms with E-state index in [9.17, 15) is 14.4 Å². The standard InChI is InChI=1S/C13H13Cl2N3O3/c1-13(2)11(20)18(12(21)17-13)6-10(19)16-9-5-7(14)3-4-8(9)15/h3-5H,6H2,1-2H3,(H,16,19)(H,17,21). The van der Waals surface area contributed by atoms with Crippen LogP contribution in [-0.4, -0.2) is 34.8 Å². The fraction of sp³-hybridized carbons (Fsp3) is 0.308. The van der Waals surface area contributed by atoms with Gasteiger partial charge in [-0.3, -0.25) is 14.5 Å². The molecule has 8 heteroatoms. The van der Waals surface area contributed by atoms with Crippen LogP contribution in [0.3, 0.4) is 0 Å². The van der Waals surface area contributed by atoms with Crippen molar-refractivity contribution in [3.05, 3.63) is 28.2 Å². The summed E-state index contributed by atoms with van der Waals surface area (Å²) >= 11 is 11.7. The minimum absolute atomic E-state index is 0.310. The molecule has 4 amide bonds. The third-order valence-electron chi connectivity index (χ3n) is 2.95. The summed E-state index contributed by atoms with van der Waals surface area (Å²) in [5.41, 5.74) is -0.689. The number of urea groups is 1. The van der Waals surface area contributed by atoms with Crippen LogP contribution in [-0.2, 0) is 9.59 Å². The summed E-state index contributed by atoms with van der Waals surface area (Å²) in [6.45, 7) is 2.74. The molecule has 0 aliphatic carbocycles. The van der Waals surface area contributed by atoms with E-state index in [1.807, 2.05) is 0 Å². The molecule has 0 radical (unpaired) electrons. The maximum atomic E-state index is 12.0. The predicted octanol–water partition coefficient (Wildman–Crippen LogP) is 2.26. The summed E-state index contributed by atoms with van der Waals surface area (Å²) < 4.78 is 0. The number of nitrogens with zero attached hydrogens (tertiary/aromatic N) is 1. The maximum absolute atomic E-state index is 12.0. The van der Waals surface area contributed by atoms with Crippen molar-refractivity contribution in [3.8, 4) is 0 Å². The van der Waals surface area contributed by atoms with Crippen molar-refractivity contribution < 1.29 is 14.4 Å². The summed E-state index contributed by atoms with van der Waals surface area (Å²) in [6, 6.07) is 4.00. The highest BCUT2D eigenvalue weighted by Gasteiger charge is 2.44. The van der Waals surface area contributed by atoms with E-state index < -0.39 is 29.9 Å². The van der Waals surface area contributed by atoms with Crippen LogP contribution in [0.4, 0.5) is 10.5 Å². The number of halogens is 2. The molecule has 0 unspecified atom stereocenters. The van der Waals surface area contributed by atoms with Gasteiger partial charge in [-0.05, 0) is 32.0 Å². The van der Waals surface area contributed by atoms with Crippen LogP contribution in [0, 0.1) is 0 Å². The van der Waals surface area contributed by atoms with E-state index in [0.29, 0.717) is 15.7 Å². The van der Waals surface area contributed by atoms with E-state index in [0.717, 1.165) is 4.90 Å². The molecule has 6 nitrogen and oxygen atoms in total. The van der Waals surface area contributed by atoms with E-state index in [2.05, 4.69) is 10.6 Å². The van der Waals surface area contributed by atoms with Gasteiger partial charge in [0.05, 0.1) is 10.7 Å². The highest BCUT2D eigenvalue weighted by molar-refractivity contribution is 6.35. The molecular weight excluding hydrogens is 317 g/mol. The topological polar surface area (TPSA) is 78.5 Å². The number of amides is 4. The van der Waals surface area contributed by atoms with Crippen LogP contribution in [0.2, 0.25) is 10.0 Å². The molecule has 1 aliphatic rings.